The minimum Gasteiger partial charge on any atom is -0.388 e. The first-order chi connectivity index (χ1) is 16.1. The van der Waals surface area contributed by atoms with Crippen LogP contribution in [0.5, 0.6) is 0 Å². The van der Waals surface area contributed by atoms with Gasteiger partial charge in [-0.25, -0.2) is 13.9 Å². The molecule has 18 nitrogen and oxygen atoms in total. The molecule has 0 radical (unpaired) electrons. The van der Waals surface area contributed by atoms with E-state index < -0.39 is 88.7 Å². The lowest BCUT2D eigenvalue weighted by molar-refractivity contribution is -0.271. The summed E-state index contributed by atoms with van der Waals surface area (Å²) in [5.74, 6) is 0. The highest BCUT2D eigenvalue weighted by atomic mass is 31.3. The number of nitrogens with one attached hydrogen (secondary N) is 1. The molecule has 3 heterocycles. The minimum absolute atomic E-state index is 0.737. The van der Waals surface area contributed by atoms with E-state index in [4.69, 9.17) is 9.47 Å². The first-order valence-electron chi connectivity index (χ1n) is 9.84. The summed E-state index contributed by atoms with van der Waals surface area (Å²) in [6, 6.07) is 0.940. The number of hydrogen-bond acceptors (Lipinski definition) is 14. The monoisotopic (exact) mass is 550 g/mol. The summed E-state index contributed by atoms with van der Waals surface area (Å²) in [6.45, 7) is 0.250. The second-order valence-corrected chi connectivity index (χ2v) is 10.7. The van der Waals surface area contributed by atoms with Crippen LogP contribution < -0.4 is 11.2 Å². The van der Waals surface area contributed by atoms with E-state index in [1.807, 2.05) is 4.98 Å². The first-order valence-corrected chi connectivity index (χ1v) is 12.8. The third-order valence-electron chi connectivity index (χ3n) is 5.12. The Morgan fingerprint density at radius 3 is 2.26 bits per heavy atom. The quantitative estimate of drug-likeness (QED) is 0.144. The van der Waals surface area contributed by atoms with Crippen molar-refractivity contribution in [2.75, 3.05) is 6.61 Å². The largest absolute Gasteiger partial charge is 0.483 e. The summed E-state index contributed by atoms with van der Waals surface area (Å²) >= 11 is 0. The predicted octanol–water partition coefficient (Wildman–Crippen LogP) is -3.77. The Hall–Kier alpha value is -1.34. The van der Waals surface area contributed by atoms with E-state index in [0.717, 1.165) is 16.8 Å². The van der Waals surface area contributed by atoms with Crippen molar-refractivity contribution in [2.24, 2.45) is 0 Å². The zero-order valence-corrected chi connectivity index (χ0v) is 19.5. The summed E-state index contributed by atoms with van der Waals surface area (Å²) in [5.41, 5.74) is -1.72. The van der Waals surface area contributed by atoms with Gasteiger partial charge in [-0.05, 0) is 6.92 Å². The summed E-state index contributed by atoms with van der Waals surface area (Å²) in [7, 11) is -10.9. The molecule has 2 saturated heterocycles. The van der Waals surface area contributed by atoms with Gasteiger partial charge in [0.15, 0.2) is 12.5 Å². The fourth-order valence-electron chi connectivity index (χ4n) is 3.30. The highest BCUT2D eigenvalue weighted by molar-refractivity contribution is 7.61. The molecule has 0 bridgehead atoms. The Morgan fingerprint density at radius 2 is 1.63 bits per heavy atom. The van der Waals surface area contributed by atoms with Crippen LogP contribution >= 0.6 is 15.6 Å². The molecule has 0 aliphatic carbocycles. The average Bonchev–Trinajstić information content (AvgIpc) is 3.02. The summed E-state index contributed by atoms with van der Waals surface area (Å²) < 4.78 is 48.3. The molecule has 2 aliphatic rings. The number of aromatic nitrogens is 2. The van der Waals surface area contributed by atoms with Crippen molar-refractivity contribution in [2.45, 2.75) is 62.2 Å². The third-order valence-corrected chi connectivity index (χ3v) is 7.72. The van der Waals surface area contributed by atoms with Gasteiger partial charge in [0.25, 0.3) is 5.56 Å². The van der Waals surface area contributed by atoms with Crippen LogP contribution in [-0.2, 0) is 32.0 Å². The third kappa shape index (κ3) is 6.51. The smallest absolute Gasteiger partial charge is 0.388 e. The van der Waals surface area contributed by atoms with Crippen molar-refractivity contribution in [1.82, 2.24) is 9.55 Å². The van der Waals surface area contributed by atoms with Crippen molar-refractivity contribution < 1.29 is 67.3 Å². The van der Waals surface area contributed by atoms with Gasteiger partial charge in [0.05, 0.1) is 12.7 Å². The van der Waals surface area contributed by atoms with E-state index >= 15 is 0 Å². The molecule has 0 saturated carbocycles. The lowest BCUT2D eigenvalue weighted by Crippen LogP contribution is -2.57. The van der Waals surface area contributed by atoms with E-state index in [9.17, 15) is 54.0 Å². The van der Waals surface area contributed by atoms with Gasteiger partial charge in [0.1, 0.15) is 36.6 Å². The summed E-state index contributed by atoms with van der Waals surface area (Å²) in [6.07, 6.45) is -14.2. The summed E-state index contributed by atoms with van der Waals surface area (Å²) in [4.78, 5) is 44.5. The van der Waals surface area contributed by atoms with Gasteiger partial charge in [-0.2, -0.15) is 4.31 Å². The molecule has 0 amide bonds. The molecule has 11 atom stereocenters. The van der Waals surface area contributed by atoms with E-state index in [1.54, 1.807) is 0 Å². The fourth-order valence-corrected chi connectivity index (χ4v) is 5.45. The Kier molecular flexibility index (Phi) is 8.52. The SMILES string of the molecule is C[C@@H]1O[C@H](OP(=O)(O)OP(=O)(O)OC[C@@H]2O[C@H](n3ccc(=O)[nH]c3=O)[C@@H](O)[C@H]2O)[C@H](O)[C@H](O)[C@H]1O. The number of aliphatic hydroxyl groups is 5. The number of hydrogen-bond donors (Lipinski definition) is 8. The van der Waals surface area contributed by atoms with Crippen LogP contribution in [0.1, 0.15) is 13.2 Å². The van der Waals surface area contributed by atoms with Crippen molar-refractivity contribution in [1.29, 1.82) is 0 Å². The van der Waals surface area contributed by atoms with Gasteiger partial charge >= 0.3 is 21.3 Å². The lowest BCUT2D eigenvalue weighted by atomic mass is 10.0. The molecule has 0 spiro atoms. The molecule has 2 aliphatic heterocycles. The van der Waals surface area contributed by atoms with Gasteiger partial charge in [0.2, 0.25) is 0 Å². The van der Waals surface area contributed by atoms with Crippen LogP contribution in [0.4, 0.5) is 0 Å². The number of rotatable bonds is 8. The molecule has 200 valence electrons. The predicted molar refractivity (Wildman–Crippen MR) is 107 cm³/mol. The number of aromatic amines is 1. The molecule has 1 aromatic rings. The normalized spacial score (nSPS) is 39.1. The number of H-pyrrole nitrogens is 1. The van der Waals surface area contributed by atoms with Crippen LogP contribution in [0.15, 0.2) is 21.9 Å². The van der Waals surface area contributed by atoms with Crippen molar-refractivity contribution in [3.63, 3.8) is 0 Å². The van der Waals surface area contributed by atoms with Crippen LogP contribution in [0, 0.1) is 0 Å². The van der Waals surface area contributed by atoms with E-state index in [-0.39, 0.29) is 0 Å². The Labute approximate surface area is 195 Å². The maximum atomic E-state index is 12.1. The van der Waals surface area contributed by atoms with Crippen molar-refractivity contribution in [3.8, 4) is 0 Å². The molecular weight excluding hydrogens is 526 g/mol. The van der Waals surface area contributed by atoms with Crippen molar-refractivity contribution >= 4 is 15.6 Å². The topological polar surface area (TPSA) is 277 Å². The second kappa shape index (κ2) is 10.6. The van der Waals surface area contributed by atoms with Gasteiger partial charge in [-0.1, -0.05) is 0 Å². The van der Waals surface area contributed by atoms with Crippen LogP contribution in [0.25, 0.3) is 0 Å². The van der Waals surface area contributed by atoms with E-state index in [2.05, 4.69) is 13.4 Å². The van der Waals surface area contributed by atoms with Crippen LogP contribution in [0.3, 0.4) is 0 Å². The molecule has 1 aromatic heterocycles. The molecular formula is C15H24N2O16P2. The summed E-state index contributed by atoms with van der Waals surface area (Å²) in [5, 5.41) is 49.4. The molecule has 8 N–H and O–H groups in total. The Bertz CT molecular complexity index is 1110. The lowest BCUT2D eigenvalue weighted by Gasteiger charge is -2.38. The molecule has 2 fully saturated rings. The first kappa shape index (κ1) is 28.2. The second-order valence-electron chi connectivity index (χ2n) is 7.66. The molecule has 20 heteroatoms. The Balaban J connectivity index is 1.61. The minimum atomic E-state index is -5.50. The van der Waals surface area contributed by atoms with Crippen LogP contribution in [-0.4, -0.2) is 100 Å². The highest BCUT2D eigenvalue weighted by Gasteiger charge is 2.49. The molecule has 35 heavy (non-hydrogen) atoms. The van der Waals surface area contributed by atoms with E-state index in [0.29, 0.717) is 0 Å². The van der Waals surface area contributed by atoms with Crippen molar-refractivity contribution in [3.05, 3.63) is 33.1 Å². The van der Waals surface area contributed by atoms with Gasteiger partial charge in [0, 0.05) is 12.3 Å². The zero-order chi connectivity index (χ0) is 26.3. The number of phosphoric acid groups is 2. The standard InChI is InChI=1S/C15H24N2O16P2/c1-5-8(19)10(21)12(23)14(30-5)32-35(27,28)33-34(25,26)29-4-6-9(20)11(22)13(31-6)17-3-2-7(18)16-15(17)24/h2-3,5-6,8-14,19-23H,4H2,1H3,(H,25,26)(H,27,28)(H,16,18,24)/t5-,6-,8-,9-,10+,11-,12+,13-,14+/m0/s1. The number of ether oxygens (including phenoxy) is 2. The maximum Gasteiger partial charge on any atom is 0.483 e. The van der Waals surface area contributed by atoms with Gasteiger partial charge < -0.3 is 44.8 Å². The van der Waals surface area contributed by atoms with E-state index in [1.165, 1.54) is 6.92 Å². The average molecular weight is 550 g/mol. The number of aliphatic hydroxyl groups excluding tert-OH is 5. The highest BCUT2D eigenvalue weighted by Crippen LogP contribution is 2.61. The Morgan fingerprint density at radius 1 is 0.971 bits per heavy atom. The fraction of sp³-hybridized carbons (Fsp3) is 0.733. The van der Waals surface area contributed by atoms with Gasteiger partial charge in [-0.3, -0.25) is 23.4 Å². The van der Waals surface area contributed by atoms with Crippen LogP contribution in [0.2, 0.25) is 0 Å². The molecule has 0 aromatic carbocycles. The van der Waals surface area contributed by atoms with Gasteiger partial charge in [-0.15, -0.1) is 0 Å². The molecule has 3 rings (SSSR count). The zero-order valence-electron chi connectivity index (χ0n) is 17.7. The maximum absolute atomic E-state index is 12.1. The number of nitrogens with zero attached hydrogens (tertiary/aromatic N) is 1. The number of phosphoric ester groups is 2. The molecule has 2 unspecified atom stereocenters.